The van der Waals surface area contributed by atoms with Crippen LogP contribution in [-0.2, 0) is 17.6 Å². The Morgan fingerprint density at radius 2 is 1.81 bits per heavy atom. The number of nitrogens with one attached hydrogen (secondary N) is 1. The molecule has 0 fully saturated rings. The molecule has 2 aromatic rings. The van der Waals surface area contributed by atoms with Gasteiger partial charge in [0.05, 0.1) is 18.6 Å². The molecule has 0 aromatic heterocycles. The van der Waals surface area contributed by atoms with Gasteiger partial charge < -0.3 is 15.2 Å². The fraction of sp³-hybridized carbons (Fsp3) is 0.333. The van der Waals surface area contributed by atoms with Crippen molar-refractivity contribution in [2.75, 3.05) is 13.2 Å². The summed E-state index contributed by atoms with van der Waals surface area (Å²) in [6.07, 6.45) is 2.92. The first-order chi connectivity index (χ1) is 12.6. The molecule has 0 aliphatic rings. The van der Waals surface area contributed by atoms with Gasteiger partial charge in [-0.15, -0.1) is 0 Å². The Morgan fingerprint density at radius 3 is 2.50 bits per heavy atom. The number of aromatic carboxylic acids is 1. The van der Waals surface area contributed by atoms with Crippen molar-refractivity contribution >= 4 is 11.9 Å². The van der Waals surface area contributed by atoms with E-state index >= 15 is 0 Å². The van der Waals surface area contributed by atoms with Gasteiger partial charge in [0.1, 0.15) is 5.75 Å². The maximum atomic E-state index is 12.1. The van der Waals surface area contributed by atoms with E-state index in [-0.39, 0.29) is 17.9 Å². The van der Waals surface area contributed by atoms with Crippen molar-refractivity contribution in [3.8, 4) is 5.75 Å². The number of carboxylic acids is 1. The molecule has 0 saturated carbocycles. The largest absolute Gasteiger partial charge is 0.494 e. The number of carbonyl (C=O) groups is 2. The van der Waals surface area contributed by atoms with Crippen molar-refractivity contribution in [1.82, 2.24) is 5.32 Å². The van der Waals surface area contributed by atoms with Gasteiger partial charge >= 0.3 is 5.97 Å². The minimum atomic E-state index is -1.02. The van der Waals surface area contributed by atoms with Crippen LogP contribution in [0.2, 0.25) is 0 Å². The van der Waals surface area contributed by atoms with Crippen LogP contribution < -0.4 is 10.1 Å². The van der Waals surface area contributed by atoms with E-state index in [9.17, 15) is 9.59 Å². The topological polar surface area (TPSA) is 75.6 Å². The number of unbranched alkanes of at least 4 members (excludes halogenated alkanes) is 1. The molecule has 0 atom stereocenters. The molecule has 138 valence electrons. The summed E-state index contributed by atoms with van der Waals surface area (Å²) in [5.41, 5.74) is 1.80. The number of carbonyl (C=O) groups excluding carboxylic acids is 1. The third-order valence-electron chi connectivity index (χ3n) is 4.02. The highest BCUT2D eigenvalue weighted by molar-refractivity contribution is 5.91. The van der Waals surface area contributed by atoms with Crippen LogP contribution in [-0.4, -0.2) is 30.1 Å². The first-order valence-corrected chi connectivity index (χ1v) is 8.89. The van der Waals surface area contributed by atoms with E-state index in [2.05, 4.69) is 12.2 Å². The molecule has 0 unspecified atom stereocenters. The van der Waals surface area contributed by atoms with Gasteiger partial charge in [-0.25, -0.2) is 4.79 Å². The molecule has 0 bridgehead atoms. The second-order valence-electron chi connectivity index (χ2n) is 6.08. The lowest BCUT2D eigenvalue weighted by Crippen LogP contribution is -2.27. The predicted molar refractivity (Wildman–Crippen MR) is 101 cm³/mol. The smallest absolute Gasteiger partial charge is 0.335 e. The summed E-state index contributed by atoms with van der Waals surface area (Å²) in [6, 6.07) is 14.4. The van der Waals surface area contributed by atoms with Crippen LogP contribution in [0.3, 0.4) is 0 Å². The van der Waals surface area contributed by atoms with Crippen LogP contribution in [0.5, 0.6) is 5.75 Å². The fourth-order valence-electron chi connectivity index (χ4n) is 2.55. The second-order valence-corrected chi connectivity index (χ2v) is 6.08. The average molecular weight is 355 g/mol. The minimum absolute atomic E-state index is 0.0622. The normalized spacial score (nSPS) is 10.3. The fourth-order valence-corrected chi connectivity index (χ4v) is 2.55. The van der Waals surface area contributed by atoms with E-state index in [0.29, 0.717) is 18.5 Å². The molecule has 5 nitrogen and oxygen atoms in total. The SMILES string of the molecule is CCCCOc1ccc(CCNC(=O)Cc2ccccc2C(=O)O)cc1. The highest BCUT2D eigenvalue weighted by atomic mass is 16.5. The molecular formula is C21H25NO4. The predicted octanol–water partition coefficient (Wildman–Crippen LogP) is 3.47. The van der Waals surface area contributed by atoms with E-state index in [1.54, 1.807) is 18.2 Å². The number of carboxylic acid groups (broad SMARTS) is 1. The van der Waals surface area contributed by atoms with E-state index < -0.39 is 5.97 Å². The highest BCUT2D eigenvalue weighted by Gasteiger charge is 2.12. The van der Waals surface area contributed by atoms with E-state index in [1.165, 1.54) is 6.07 Å². The Bertz CT molecular complexity index is 725. The van der Waals surface area contributed by atoms with E-state index in [1.807, 2.05) is 24.3 Å². The molecule has 2 aromatic carbocycles. The quantitative estimate of drug-likeness (QED) is 0.640. The summed E-state index contributed by atoms with van der Waals surface area (Å²) in [6.45, 7) is 3.36. The van der Waals surface area contributed by atoms with Gasteiger partial charge in [0.2, 0.25) is 5.91 Å². The summed E-state index contributed by atoms with van der Waals surface area (Å²) in [7, 11) is 0. The Morgan fingerprint density at radius 1 is 1.08 bits per heavy atom. The molecule has 1 amide bonds. The van der Waals surface area contributed by atoms with E-state index in [0.717, 1.165) is 30.8 Å². The zero-order valence-electron chi connectivity index (χ0n) is 15.0. The van der Waals surface area contributed by atoms with Crippen LogP contribution in [0, 0.1) is 0 Å². The molecule has 0 radical (unpaired) electrons. The molecule has 0 spiro atoms. The number of benzene rings is 2. The van der Waals surface area contributed by atoms with Crippen LogP contribution in [0.1, 0.15) is 41.3 Å². The third kappa shape index (κ3) is 6.24. The van der Waals surface area contributed by atoms with Gasteiger partial charge in [0.25, 0.3) is 0 Å². The molecule has 0 aliphatic heterocycles. The van der Waals surface area contributed by atoms with Crippen molar-refractivity contribution in [2.45, 2.75) is 32.6 Å². The Balaban J connectivity index is 1.77. The lowest BCUT2D eigenvalue weighted by molar-refractivity contribution is -0.120. The first kappa shape index (κ1) is 19.5. The summed E-state index contributed by atoms with van der Waals surface area (Å²) in [5.74, 6) is -0.343. The monoisotopic (exact) mass is 355 g/mol. The van der Waals surface area contributed by atoms with Crippen LogP contribution in [0.25, 0.3) is 0 Å². The van der Waals surface area contributed by atoms with Gasteiger partial charge in [0, 0.05) is 6.54 Å². The molecule has 2 N–H and O–H groups in total. The van der Waals surface area contributed by atoms with Crippen molar-refractivity contribution < 1.29 is 19.4 Å². The Hall–Kier alpha value is -2.82. The summed E-state index contributed by atoms with van der Waals surface area (Å²) in [5, 5.41) is 12.0. The number of amides is 1. The van der Waals surface area contributed by atoms with Gasteiger partial charge in [-0.3, -0.25) is 4.79 Å². The summed E-state index contributed by atoms with van der Waals surface area (Å²) >= 11 is 0. The maximum absolute atomic E-state index is 12.1. The van der Waals surface area contributed by atoms with Crippen LogP contribution >= 0.6 is 0 Å². The number of hydrogen-bond donors (Lipinski definition) is 2. The molecule has 5 heteroatoms. The second kappa shape index (κ2) is 10.2. The van der Waals surface area contributed by atoms with Crippen molar-refractivity contribution in [1.29, 1.82) is 0 Å². The van der Waals surface area contributed by atoms with Gasteiger partial charge in [-0.05, 0) is 42.2 Å². The van der Waals surface area contributed by atoms with Gasteiger partial charge in [0.15, 0.2) is 0 Å². The lowest BCUT2D eigenvalue weighted by Gasteiger charge is -2.09. The number of ether oxygens (including phenoxy) is 1. The summed E-state index contributed by atoms with van der Waals surface area (Å²) < 4.78 is 5.62. The number of hydrogen-bond acceptors (Lipinski definition) is 3. The van der Waals surface area contributed by atoms with Crippen molar-refractivity contribution in [3.63, 3.8) is 0 Å². The Kier molecular flexibility index (Phi) is 7.68. The van der Waals surface area contributed by atoms with Crippen molar-refractivity contribution in [2.24, 2.45) is 0 Å². The molecular weight excluding hydrogens is 330 g/mol. The molecule has 26 heavy (non-hydrogen) atoms. The third-order valence-corrected chi connectivity index (χ3v) is 4.02. The van der Waals surface area contributed by atoms with Gasteiger partial charge in [-0.1, -0.05) is 43.7 Å². The average Bonchev–Trinajstić information content (AvgIpc) is 2.63. The molecule has 0 heterocycles. The lowest BCUT2D eigenvalue weighted by atomic mass is 10.0. The van der Waals surface area contributed by atoms with Crippen molar-refractivity contribution in [3.05, 3.63) is 65.2 Å². The molecule has 0 saturated heterocycles. The maximum Gasteiger partial charge on any atom is 0.335 e. The zero-order chi connectivity index (χ0) is 18.8. The summed E-state index contributed by atoms with van der Waals surface area (Å²) in [4.78, 5) is 23.2. The first-order valence-electron chi connectivity index (χ1n) is 8.89. The minimum Gasteiger partial charge on any atom is -0.494 e. The van der Waals surface area contributed by atoms with Crippen LogP contribution in [0.4, 0.5) is 0 Å². The zero-order valence-corrected chi connectivity index (χ0v) is 15.0. The molecule has 0 aliphatic carbocycles. The van der Waals surface area contributed by atoms with E-state index in [4.69, 9.17) is 9.84 Å². The number of rotatable bonds is 10. The molecule has 2 rings (SSSR count). The Labute approximate surface area is 154 Å². The standard InChI is InChI=1S/C21H25NO4/c1-2-3-14-26-18-10-8-16(9-11-18)12-13-22-20(23)15-17-6-4-5-7-19(17)21(24)25/h4-11H,2-3,12-15H2,1H3,(H,22,23)(H,24,25). The highest BCUT2D eigenvalue weighted by Crippen LogP contribution is 2.13. The van der Waals surface area contributed by atoms with Crippen LogP contribution in [0.15, 0.2) is 48.5 Å². The van der Waals surface area contributed by atoms with Gasteiger partial charge in [-0.2, -0.15) is 0 Å².